The summed E-state index contributed by atoms with van der Waals surface area (Å²) in [5, 5.41) is 17.6. The summed E-state index contributed by atoms with van der Waals surface area (Å²) in [6, 6.07) is 2.33. The predicted molar refractivity (Wildman–Crippen MR) is 113 cm³/mol. The molecule has 5 rings (SSSR count). The number of fused-ring (bicyclic) bond motifs is 2. The van der Waals surface area contributed by atoms with Crippen molar-refractivity contribution in [2.24, 2.45) is 0 Å². The number of phenols is 1. The molecule has 4 heterocycles. The smallest absolute Gasteiger partial charge is 0.181 e. The third-order valence-electron chi connectivity index (χ3n) is 6.48. The molecule has 32 heavy (non-hydrogen) atoms. The number of nitrogens with one attached hydrogen (secondary N) is 1. The van der Waals surface area contributed by atoms with E-state index in [0.717, 1.165) is 23.6 Å². The molecule has 7 nitrogen and oxygen atoms in total. The lowest BCUT2D eigenvalue weighted by Crippen LogP contribution is -2.55. The lowest BCUT2D eigenvalue weighted by atomic mass is 9.96. The van der Waals surface area contributed by atoms with E-state index in [0.29, 0.717) is 23.8 Å². The third-order valence-corrected chi connectivity index (χ3v) is 6.48. The van der Waals surface area contributed by atoms with Gasteiger partial charge in [-0.15, -0.1) is 0 Å². The summed E-state index contributed by atoms with van der Waals surface area (Å²) in [4.78, 5) is 10.5. The molecule has 2 aliphatic heterocycles. The van der Waals surface area contributed by atoms with Crippen LogP contribution in [0.2, 0.25) is 0 Å². The summed E-state index contributed by atoms with van der Waals surface area (Å²) in [6.45, 7) is -0.829. The Kier molecular flexibility index (Phi) is 5.24. The Morgan fingerprint density at radius 2 is 2.03 bits per heavy atom. The number of phenolic OH excluding ortho intramolecular Hbond substituents is 1. The van der Waals surface area contributed by atoms with Gasteiger partial charge in [0.2, 0.25) is 0 Å². The highest BCUT2D eigenvalue weighted by Crippen LogP contribution is 2.36. The van der Waals surface area contributed by atoms with Crippen LogP contribution in [-0.2, 0) is 6.80 Å². The second-order valence-corrected chi connectivity index (χ2v) is 8.40. The Labute approximate surface area is 182 Å². The van der Waals surface area contributed by atoms with Gasteiger partial charge in [0.1, 0.15) is 23.6 Å². The van der Waals surface area contributed by atoms with E-state index in [1.807, 2.05) is 0 Å². The van der Waals surface area contributed by atoms with Gasteiger partial charge in [-0.05, 0) is 31.4 Å². The zero-order valence-electron chi connectivity index (χ0n) is 17.4. The van der Waals surface area contributed by atoms with Crippen molar-refractivity contribution in [1.29, 1.82) is 0 Å². The van der Waals surface area contributed by atoms with E-state index in [1.165, 1.54) is 30.9 Å². The zero-order chi connectivity index (χ0) is 22.4. The van der Waals surface area contributed by atoms with Crippen LogP contribution in [-0.4, -0.2) is 56.2 Å². The van der Waals surface area contributed by atoms with Gasteiger partial charge in [-0.1, -0.05) is 0 Å². The highest BCUT2D eigenvalue weighted by molar-refractivity contribution is 5.74. The summed E-state index contributed by atoms with van der Waals surface area (Å²) in [6.07, 6.45) is 7.15. The van der Waals surface area contributed by atoms with Gasteiger partial charge in [0.05, 0.1) is 30.3 Å². The molecule has 0 amide bonds. The lowest BCUT2D eigenvalue weighted by Gasteiger charge is -2.38. The van der Waals surface area contributed by atoms with Crippen molar-refractivity contribution in [3.8, 4) is 28.1 Å². The van der Waals surface area contributed by atoms with Crippen molar-refractivity contribution in [3.05, 3.63) is 42.7 Å². The molecule has 3 aromatic rings. The van der Waals surface area contributed by atoms with Crippen LogP contribution in [0.1, 0.15) is 19.3 Å². The van der Waals surface area contributed by atoms with Gasteiger partial charge in [0.15, 0.2) is 6.80 Å². The summed E-state index contributed by atoms with van der Waals surface area (Å²) in [5.41, 5.74) is 0.910. The largest absolute Gasteiger partial charge is 0.507 e. The van der Waals surface area contributed by atoms with Crippen LogP contribution in [0, 0.1) is 5.82 Å². The Hall–Kier alpha value is -3.14. The minimum absolute atomic E-state index is 0.102. The van der Waals surface area contributed by atoms with E-state index < -0.39 is 18.8 Å². The number of hydrogen-bond donors (Lipinski definition) is 2. The van der Waals surface area contributed by atoms with E-state index in [-0.39, 0.29) is 34.7 Å². The molecule has 0 radical (unpaired) electrons. The molecule has 4 unspecified atom stereocenters. The zero-order valence-corrected chi connectivity index (χ0v) is 17.4. The first-order valence-corrected chi connectivity index (χ1v) is 10.5. The quantitative estimate of drug-likeness (QED) is 0.628. The molecule has 4 atom stereocenters. The average Bonchev–Trinajstić information content (AvgIpc) is 3.45. The molecule has 10 heteroatoms. The number of alkyl halides is 2. The number of hydrogen-bond acceptors (Lipinski definition) is 6. The summed E-state index contributed by atoms with van der Waals surface area (Å²) in [7, 11) is 1.80. The molecular formula is C22H23F3N6O. The van der Waals surface area contributed by atoms with E-state index >= 15 is 0 Å². The van der Waals surface area contributed by atoms with Crippen molar-refractivity contribution in [2.45, 2.75) is 50.4 Å². The maximum atomic E-state index is 14.9. The van der Waals surface area contributed by atoms with Gasteiger partial charge in [0.25, 0.3) is 0 Å². The number of aromatic nitrogens is 4. The molecule has 2 N–H and O–H groups in total. The van der Waals surface area contributed by atoms with Gasteiger partial charge in [-0.3, -0.25) is 4.98 Å². The fourth-order valence-electron chi connectivity index (χ4n) is 4.72. The van der Waals surface area contributed by atoms with Crippen molar-refractivity contribution in [2.75, 3.05) is 11.9 Å². The maximum absolute atomic E-state index is 14.9. The average molecular weight is 444 g/mol. The van der Waals surface area contributed by atoms with Gasteiger partial charge >= 0.3 is 0 Å². The topological polar surface area (TPSA) is 79.1 Å². The molecular weight excluding hydrogens is 421 g/mol. The van der Waals surface area contributed by atoms with Crippen molar-refractivity contribution >= 4 is 5.82 Å². The van der Waals surface area contributed by atoms with Gasteiger partial charge in [0, 0.05) is 42.0 Å². The maximum Gasteiger partial charge on any atom is 0.181 e. The molecule has 2 saturated heterocycles. The number of halogens is 3. The normalized spacial score (nSPS) is 24.6. The van der Waals surface area contributed by atoms with Crippen molar-refractivity contribution < 1.29 is 18.3 Å². The predicted octanol–water partition coefficient (Wildman–Crippen LogP) is 3.45. The highest BCUT2D eigenvalue weighted by atomic mass is 19.1. The SMILES string of the molecule is CN(c1cnc(-c2cc(F)c(-c3cnn(CF)c3)cc2O)cn1)C1CC2CCC(N2)C1F. The van der Waals surface area contributed by atoms with E-state index in [2.05, 4.69) is 20.4 Å². The molecule has 0 aliphatic carbocycles. The first-order chi connectivity index (χ1) is 15.4. The number of piperidine rings is 1. The monoisotopic (exact) mass is 444 g/mol. The molecule has 2 bridgehead atoms. The van der Waals surface area contributed by atoms with Crippen LogP contribution < -0.4 is 10.2 Å². The van der Waals surface area contributed by atoms with Crippen LogP contribution in [0.15, 0.2) is 36.9 Å². The molecule has 2 aliphatic rings. The van der Waals surface area contributed by atoms with Crippen LogP contribution >= 0.6 is 0 Å². The Morgan fingerprint density at radius 1 is 1.19 bits per heavy atom. The summed E-state index contributed by atoms with van der Waals surface area (Å²) in [5.74, 6) is -0.286. The fourth-order valence-corrected chi connectivity index (χ4v) is 4.72. The van der Waals surface area contributed by atoms with Gasteiger partial charge in [-0.2, -0.15) is 5.10 Å². The molecule has 0 spiro atoms. The Balaban J connectivity index is 1.38. The van der Waals surface area contributed by atoms with Crippen molar-refractivity contribution in [1.82, 2.24) is 25.1 Å². The first kappa shape index (κ1) is 20.7. The van der Waals surface area contributed by atoms with E-state index in [1.54, 1.807) is 11.9 Å². The van der Waals surface area contributed by atoms with Crippen LogP contribution in [0.25, 0.3) is 22.4 Å². The van der Waals surface area contributed by atoms with Gasteiger partial charge in [-0.25, -0.2) is 22.8 Å². The van der Waals surface area contributed by atoms with Crippen molar-refractivity contribution in [3.63, 3.8) is 0 Å². The van der Waals surface area contributed by atoms with Gasteiger partial charge < -0.3 is 15.3 Å². The summed E-state index contributed by atoms with van der Waals surface area (Å²) < 4.78 is 43.3. The number of benzene rings is 1. The minimum atomic E-state index is -0.993. The van der Waals surface area contributed by atoms with Crippen LogP contribution in [0.3, 0.4) is 0 Å². The van der Waals surface area contributed by atoms with Crippen LogP contribution in [0.5, 0.6) is 5.75 Å². The van der Waals surface area contributed by atoms with E-state index in [4.69, 9.17) is 0 Å². The number of rotatable bonds is 5. The standard InChI is InChI=1S/C22H23F3N6O/c1-30(19-4-13-2-3-17(29-13)22(19)25)21-9-26-18(8-27-21)15-5-16(24)14(6-20(15)32)12-7-28-31(10-12)11-23/h5-10,13,17,19,22,29,32H,2-4,11H2,1H3. The second kappa shape index (κ2) is 8.09. The Bertz CT molecular complexity index is 1120. The lowest BCUT2D eigenvalue weighted by molar-refractivity contribution is 0.176. The van der Waals surface area contributed by atoms with Crippen LogP contribution in [0.4, 0.5) is 19.0 Å². The van der Waals surface area contributed by atoms with E-state index in [9.17, 15) is 18.3 Å². The highest BCUT2D eigenvalue weighted by Gasteiger charge is 2.43. The summed E-state index contributed by atoms with van der Waals surface area (Å²) >= 11 is 0. The fraction of sp³-hybridized carbons (Fsp3) is 0.409. The third kappa shape index (κ3) is 3.58. The second-order valence-electron chi connectivity index (χ2n) is 8.40. The molecule has 0 saturated carbocycles. The molecule has 2 aromatic heterocycles. The number of aromatic hydroxyl groups is 1. The molecule has 2 fully saturated rings. The molecule has 1 aromatic carbocycles. The molecule has 168 valence electrons. The minimum Gasteiger partial charge on any atom is -0.507 e. The number of anilines is 1. The number of nitrogens with zero attached hydrogens (tertiary/aromatic N) is 5. The first-order valence-electron chi connectivity index (χ1n) is 10.5. The Morgan fingerprint density at radius 3 is 2.75 bits per heavy atom.